The van der Waals surface area contributed by atoms with Gasteiger partial charge in [0.1, 0.15) is 5.78 Å². The number of carbonyl (C=O) groups excluding carboxylic acids is 2. The average Bonchev–Trinajstić information content (AvgIpc) is 2.84. The number of likely N-dealkylation sites (tertiary alicyclic amines) is 1. The Morgan fingerprint density at radius 3 is 2.61 bits per heavy atom. The normalized spacial score (nSPS) is 22.1. The van der Waals surface area contributed by atoms with Gasteiger partial charge in [0.15, 0.2) is 5.78 Å². The van der Waals surface area contributed by atoms with E-state index in [4.69, 9.17) is 5.73 Å². The standard InChI is InChI=1S/C14H26N2O2/c1-3-6-11(14(18)10-15)16-9-5-8-12(16)13(17)7-4-2/h11-12H,3-10,15H2,1-2H3/t11?,12-/m0/s1. The van der Waals surface area contributed by atoms with Gasteiger partial charge in [0.2, 0.25) is 0 Å². The second kappa shape index (κ2) is 7.64. The molecule has 0 aromatic carbocycles. The van der Waals surface area contributed by atoms with Gasteiger partial charge in [-0.15, -0.1) is 0 Å². The van der Waals surface area contributed by atoms with E-state index in [-0.39, 0.29) is 24.4 Å². The van der Waals surface area contributed by atoms with Crippen molar-refractivity contribution in [2.45, 2.75) is 64.5 Å². The molecule has 1 aliphatic heterocycles. The summed E-state index contributed by atoms with van der Waals surface area (Å²) < 4.78 is 0. The Hall–Kier alpha value is -0.740. The van der Waals surface area contributed by atoms with Crippen LogP contribution >= 0.6 is 0 Å². The Kier molecular flexibility index (Phi) is 6.50. The second-order valence-electron chi connectivity index (χ2n) is 5.09. The van der Waals surface area contributed by atoms with Crippen molar-refractivity contribution < 1.29 is 9.59 Å². The molecule has 0 spiro atoms. The van der Waals surface area contributed by atoms with Crippen LogP contribution in [0.5, 0.6) is 0 Å². The lowest BCUT2D eigenvalue weighted by atomic mass is 10.0. The third kappa shape index (κ3) is 3.62. The Labute approximate surface area is 110 Å². The fourth-order valence-corrected chi connectivity index (χ4v) is 2.84. The van der Waals surface area contributed by atoms with Crippen molar-refractivity contribution in [1.82, 2.24) is 4.90 Å². The highest BCUT2D eigenvalue weighted by molar-refractivity contribution is 5.88. The van der Waals surface area contributed by atoms with Gasteiger partial charge < -0.3 is 5.73 Å². The first-order chi connectivity index (χ1) is 8.65. The van der Waals surface area contributed by atoms with E-state index in [1.165, 1.54) is 0 Å². The van der Waals surface area contributed by atoms with Crippen molar-refractivity contribution in [3.63, 3.8) is 0 Å². The monoisotopic (exact) mass is 254 g/mol. The zero-order chi connectivity index (χ0) is 13.5. The van der Waals surface area contributed by atoms with Gasteiger partial charge in [-0.25, -0.2) is 0 Å². The van der Waals surface area contributed by atoms with Gasteiger partial charge in [0.25, 0.3) is 0 Å². The quantitative estimate of drug-likeness (QED) is 0.713. The maximum atomic E-state index is 12.1. The molecule has 1 unspecified atom stereocenters. The van der Waals surface area contributed by atoms with Gasteiger partial charge >= 0.3 is 0 Å². The predicted octanol–water partition coefficient (Wildman–Crippen LogP) is 1.52. The van der Waals surface area contributed by atoms with Crippen molar-refractivity contribution in [2.75, 3.05) is 13.1 Å². The minimum Gasteiger partial charge on any atom is -0.324 e. The number of nitrogens with two attached hydrogens (primary N) is 1. The highest BCUT2D eigenvalue weighted by Crippen LogP contribution is 2.24. The molecule has 4 nitrogen and oxygen atoms in total. The summed E-state index contributed by atoms with van der Waals surface area (Å²) in [6.45, 7) is 5.02. The molecule has 0 aromatic rings. The molecular weight excluding hydrogens is 228 g/mol. The Bertz CT molecular complexity index is 292. The van der Waals surface area contributed by atoms with E-state index in [9.17, 15) is 9.59 Å². The van der Waals surface area contributed by atoms with Crippen LogP contribution in [0.2, 0.25) is 0 Å². The summed E-state index contributed by atoms with van der Waals surface area (Å²) in [5.41, 5.74) is 5.49. The summed E-state index contributed by atoms with van der Waals surface area (Å²) in [7, 11) is 0. The molecule has 1 rings (SSSR count). The molecule has 1 heterocycles. The van der Waals surface area contributed by atoms with E-state index < -0.39 is 0 Å². The van der Waals surface area contributed by atoms with Crippen LogP contribution in [-0.2, 0) is 9.59 Å². The van der Waals surface area contributed by atoms with Gasteiger partial charge in [-0.1, -0.05) is 20.3 Å². The van der Waals surface area contributed by atoms with Gasteiger partial charge in [0.05, 0.1) is 18.6 Å². The van der Waals surface area contributed by atoms with Crippen LogP contribution in [0.25, 0.3) is 0 Å². The van der Waals surface area contributed by atoms with Crippen molar-refractivity contribution in [3.05, 3.63) is 0 Å². The summed E-state index contributed by atoms with van der Waals surface area (Å²) in [5.74, 6) is 0.369. The maximum absolute atomic E-state index is 12.1. The van der Waals surface area contributed by atoms with Crippen LogP contribution in [0.4, 0.5) is 0 Å². The number of nitrogens with zero attached hydrogens (tertiary/aromatic N) is 1. The first-order valence-electron chi connectivity index (χ1n) is 7.16. The number of rotatable bonds is 8. The fraction of sp³-hybridized carbons (Fsp3) is 0.857. The van der Waals surface area contributed by atoms with Crippen LogP contribution in [0.15, 0.2) is 0 Å². The average molecular weight is 254 g/mol. The summed E-state index contributed by atoms with van der Waals surface area (Å²) in [5, 5.41) is 0. The van der Waals surface area contributed by atoms with Gasteiger partial charge in [0, 0.05) is 6.42 Å². The molecule has 18 heavy (non-hydrogen) atoms. The van der Waals surface area contributed by atoms with Crippen LogP contribution in [-0.4, -0.2) is 41.6 Å². The fourth-order valence-electron chi connectivity index (χ4n) is 2.84. The van der Waals surface area contributed by atoms with Crippen molar-refractivity contribution in [1.29, 1.82) is 0 Å². The molecule has 1 fully saturated rings. The molecule has 0 bridgehead atoms. The highest BCUT2D eigenvalue weighted by Gasteiger charge is 2.36. The number of Topliss-reactive ketones (excluding diaryl/α,β-unsaturated/α-hetero) is 2. The molecule has 0 aliphatic carbocycles. The molecule has 2 atom stereocenters. The topological polar surface area (TPSA) is 63.4 Å². The summed E-state index contributed by atoms with van der Waals surface area (Å²) in [4.78, 5) is 26.1. The van der Waals surface area contributed by atoms with E-state index in [0.29, 0.717) is 12.2 Å². The molecule has 2 N–H and O–H groups in total. The van der Waals surface area contributed by atoms with Crippen LogP contribution < -0.4 is 5.73 Å². The van der Waals surface area contributed by atoms with Crippen LogP contribution in [0.1, 0.15) is 52.4 Å². The largest absolute Gasteiger partial charge is 0.324 e. The molecule has 1 aliphatic rings. The molecule has 104 valence electrons. The Morgan fingerprint density at radius 1 is 1.33 bits per heavy atom. The summed E-state index contributed by atoms with van der Waals surface area (Å²) in [6.07, 6.45) is 5.17. The lowest BCUT2D eigenvalue weighted by Gasteiger charge is -2.31. The Morgan fingerprint density at radius 2 is 2.06 bits per heavy atom. The second-order valence-corrected chi connectivity index (χ2v) is 5.09. The van der Waals surface area contributed by atoms with Gasteiger partial charge in [-0.2, -0.15) is 0 Å². The van der Waals surface area contributed by atoms with Crippen molar-refractivity contribution in [2.24, 2.45) is 5.73 Å². The SMILES string of the molecule is CCCC(=O)[C@@H]1CCCN1C(CCC)C(=O)CN. The number of hydrogen-bond donors (Lipinski definition) is 1. The lowest BCUT2D eigenvalue weighted by Crippen LogP contribution is -2.48. The van der Waals surface area contributed by atoms with E-state index in [0.717, 1.165) is 38.6 Å². The van der Waals surface area contributed by atoms with E-state index in [2.05, 4.69) is 11.8 Å². The zero-order valence-electron chi connectivity index (χ0n) is 11.7. The third-order valence-corrected chi connectivity index (χ3v) is 3.70. The number of ketones is 2. The lowest BCUT2D eigenvalue weighted by molar-refractivity contribution is -0.128. The van der Waals surface area contributed by atoms with Gasteiger partial charge in [-0.3, -0.25) is 14.5 Å². The van der Waals surface area contributed by atoms with Crippen molar-refractivity contribution in [3.8, 4) is 0 Å². The Balaban J connectivity index is 2.75. The first-order valence-corrected chi connectivity index (χ1v) is 7.16. The van der Waals surface area contributed by atoms with Gasteiger partial charge in [-0.05, 0) is 32.2 Å². The maximum Gasteiger partial charge on any atom is 0.163 e. The molecule has 0 aromatic heterocycles. The number of carbonyl (C=O) groups is 2. The van der Waals surface area contributed by atoms with E-state index in [1.54, 1.807) is 0 Å². The molecule has 1 saturated heterocycles. The molecule has 4 heteroatoms. The molecular formula is C14H26N2O2. The van der Waals surface area contributed by atoms with Crippen molar-refractivity contribution >= 4 is 11.6 Å². The zero-order valence-corrected chi connectivity index (χ0v) is 11.7. The van der Waals surface area contributed by atoms with Crippen LogP contribution in [0.3, 0.4) is 0 Å². The first kappa shape index (κ1) is 15.3. The number of hydrogen-bond acceptors (Lipinski definition) is 4. The van der Waals surface area contributed by atoms with E-state index >= 15 is 0 Å². The van der Waals surface area contributed by atoms with E-state index in [1.807, 2.05) is 6.92 Å². The van der Waals surface area contributed by atoms with Crippen LogP contribution in [0, 0.1) is 0 Å². The summed E-state index contributed by atoms with van der Waals surface area (Å²) >= 11 is 0. The minimum atomic E-state index is -0.145. The summed E-state index contributed by atoms with van der Waals surface area (Å²) in [6, 6.07) is -0.190. The third-order valence-electron chi connectivity index (χ3n) is 3.70. The molecule has 0 saturated carbocycles. The minimum absolute atomic E-state index is 0.0444. The highest BCUT2D eigenvalue weighted by atomic mass is 16.1. The predicted molar refractivity (Wildman–Crippen MR) is 72.4 cm³/mol. The smallest absolute Gasteiger partial charge is 0.163 e. The molecule has 0 radical (unpaired) electrons. The molecule has 0 amide bonds.